The number of aromatic amines is 1. The highest BCUT2D eigenvalue weighted by Gasteiger charge is 2.49. The van der Waals surface area contributed by atoms with E-state index >= 15 is 0 Å². The zero-order valence-electron chi connectivity index (χ0n) is 28.3. The molecule has 1 saturated heterocycles. The molecule has 8 N–H and O–H groups in total. The van der Waals surface area contributed by atoms with Crippen molar-refractivity contribution in [1.29, 1.82) is 0 Å². The van der Waals surface area contributed by atoms with Crippen molar-refractivity contribution in [3.8, 4) is 40.2 Å². The van der Waals surface area contributed by atoms with Crippen molar-refractivity contribution in [2.75, 3.05) is 20.3 Å². The Labute approximate surface area is 308 Å². The van der Waals surface area contributed by atoms with Gasteiger partial charge >= 0.3 is 13.5 Å². The van der Waals surface area contributed by atoms with Gasteiger partial charge in [0.25, 0.3) is 5.56 Å². The molecule has 1 aromatic heterocycles. The Balaban J connectivity index is 1.14. The van der Waals surface area contributed by atoms with Crippen LogP contribution in [0.4, 0.5) is 0 Å². The van der Waals surface area contributed by atoms with Crippen molar-refractivity contribution in [3.63, 3.8) is 0 Å². The lowest BCUT2D eigenvalue weighted by Gasteiger charge is -2.36. The predicted molar refractivity (Wildman–Crippen MR) is 181 cm³/mol. The molecular formula is C34H33N2O18P. The second kappa shape index (κ2) is 14.7. The van der Waals surface area contributed by atoms with Gasteiger partial charge in [-0.2, -0.15) is 0 Å². The van der Waals surface area contributed by atoms with Gasteiger partial charge in [0.15, 0.2) is 53.6 Å². The van der Waals surface area contributed by atoms with Gasteiger partial charge in [0.1, 0.15) is 41.1 Å². The molecule has 3 aliphatic rings. The molecule has 55 heavy (non-hydrogen) atoms. The molecule has 1 fully saturated rings. The summed E-state index contributed by atoms with van der Waals surface area (Å²) in [5.74, 6) is -2.02. The van der Waals surface area contributed by atoms with Crippen molar-refractivity contribution in [2.24, 2.45) is 0 Å². The summed E-state index contributed by atoms with van der Waals surface area (Å²) < 4.78 is 53.7. The summed E-state index contributed by atoms with van der Waals surface area (Å²) in [5.41, 5.74) is -1.44. The van der Waals surface area contributed by atoms with Crippen molar-refractivity contribution in [1.82, 2.24) is 9.55 Å². The van der Waals surface area contributed by atoms with Crippen LogP contribution in [-0.4, -0.2) is 102 Å². The van der Waals surface area contributed by atoms with Crippen molar-refractivity contribution >= 4 is 13.6 Å². The lowest BCUT2D eigenvalue weighted by molar-refractivity contribution is -0.0556. The smallest absolute Gasteiger partial charge is 0.472 e. The fourth-order valence-corrected chi connectivity index (χ4v) is 7.44. The predicted octanol–water partition coefficient (Wildman–Crippen LogP) is 0.673. The molecule has 7 rings (SSSR count). The number of phenols is 3. The summed E-state index contributed by atoms with van der Waals surface area (Å²) in [7, 11) is -3.83. The number of fused-ring (bicyclic) bond motifs is 2. The first-order valence-electron chi connectivity index (χ1n) is 16.4. The first-order chi connectivity index (χ1) is 26.2. The largest absolute Gasteiger partial charge is 0.508 e. The number of aromatic nitrogens is 2. The number of phosphoric acid groups is 1. The SMILES string of the molecule is COc1cc([C@@H]2Oc3cc([C@H]4Oc5cc(O)cc(O)c5C(=O)[C@@H]4O)ccc3O[C@H]2COP(=O)(O)O[C@H]2[C@@H](O)[C@H](n3ccc(=O)[nH]c3=O)O[C@@H]2CO)ccc1O. The van der Waals surface area contributed by atoms with Crippen molar-refractivity contribution in [3.05, 3.63) is 98.3 Å². The third kappa shape index (κ3) is 7.24. The molecule has 1 unspecified atom stereocenters. The number of ketones is 1. The Morgan fingerprint density at radius 1 is 0.855 bits per heavy atom. The fraction of sp³-hybridized carbons (Fsp3) is 0.324. The molecule has 0 saturated carbocycles. The molecule has 0 spiro atoms. The number of nitrogens with zero attached hydrogens (tertiary/aromatic N) is 1. The topological polar surface area (TPSA) is 295 Å². The van der Waals surface area contributed by atoms with Crippen molar-refractivity contribution < 1.29 is 77.6 Å². The number of aliphatic hydroxyl groups excluding tert-OH is 3. The molecule has 3 aliphatic heterocycles. The van der Waals surface area contributed by atoms with Crippen LogP contribution in [0.2, 0.25) is 0 Å². The first-order valence-corrected chi connectivity index (χ1v) is 17.9. The molecule has 0 radical (unpaired) electrons. The number of rotatable bonds is 10. The third-order valence-electron chi connectivity index (χ3n) is 9.09. The minimum atomic E-state index is -5.14. The Hall–Kier alpha value is -5.44. The Morgan fingerprint density at radius 3 is 2.31 bits per heavy atom. The normalized spacial score (nSPS) is 26.8. The number of methoxy groups -OCH3 is 1. The zero-order chi connectivity index (χ0) is 39.3. The minimum absolute atomic E-state index is 0.0420. The summed E-state index contributed by atoms with van der Waals surface area (Å²) >= 11 is 0. The lowest BCUT2D eigenvalue weighted by Crippen LogP contribution is -2.39. The third-order valence-corrected chi connectivity index (χ3v) is 10.1. The number of hydrogen-bond acceptors (Lipinski definition) is 17. The summed E-state index contributed by atoms with van der Waals surface area (Å²) in [4.78, 5) is 49.6. The second-order valence-corrected chi connectivity index (χ2v) is 14.0. The summed E-state index contributed by atoms with van der Waals surface area (Å²) in [5, 5.41) is 62.1. The average molecular weight is 789 g/mol. The Bertz CT molecular complexity index is 2290. The average Bonchev–Trinajstić information content (AvgIpc) is 3.44. The number of aromatic hydroxyl groups is 3. The van der Waals surface area contributed by atoms with Gasteiger partial charge in [0.2, 0.25) is 5.78 Å². The van der Waals surface area contributed by atoms with Crippen LogP contribution >= 0.6 is 7.82 Å². The van der Waals surface area contributed by atoms with E-state index in [0.29, 0.717) is 5.56 Å². The van der Waals surface area contributed by atoms with E-state index < -0.39 is 92.8 Å². The van der Waals surface area contributed by atoms with Crippen LogP contribution in [0.25, 0.3) is 0 Å². The van der Waals surface area contributed by atoms with Gasteiger partial charge in [0, 0.05) is 30.0 Å². The van der Waals surface area contributed by atoms with Crippen LogP contribution in [0, 0.1) is 0 Å². The molecule has 0 bridgehead atoms. The van der Waals surface area contributed by atoms with E-state index in [1.807, 2.05) is 4.98 Å². The molecule has 0 amide bonds. The minimum Gasteiger partial charge on any atom is -0.508 e. The number of phosphoric ester groups is 1. The molecule has 4 heterocycles. The monoisotopic (exact) mass is 788 g/mol. The highest BCUT2D eigenvalue weighted by Crippen LogP contribution is 2.51. The van der Waals surface area contributed by atoms with E-state index in [0.717, 1.165) is 29.0 Å². The molecule has 3 aromatic carbocycles. The molecule has 21 heteroatoms. The highest BCUT2D eigenvalue weighted by atomic mass is 31.2. The van der Waals surface area contributed by atoms with Gasteiger partial charge in [-0.25, -0.2) is 9.36 Å². The number of phenolic OH excluding ortho intramolecular Hbond substituents is 3. The quantitative estimate of drug-likeness (QED) is 0.102. The lowest BCUT2D eigenvalue weighted by atomic mass is 9.92. The van der Waals surface area contributed by atoms with E-state index in [2.05, 4.69) is 0 Å². The van der Waals surface area contributed by atoms with Crippen LogP contribution in [-0.2, 0) is 18.3 Å². The van der Waals surface area contributed by atoms with Gasteiger partial charge < -0.3 is 59.2 Å². The molecule has 292 valence electrons. The van der Waals surface area contributed by atoms with Gasteiger partial charge in [-0.15, -0.1) is 0 Å². The van der Waals surface area contributed by atoms with Crippen LogP contribution in [0.15, 0.2) is 70.4 Å². The molecular weight excluding hydrogens is 755 g/mol. The maximum absolute atomic E-state index is 13.3. The molecule has 9 atom stereocenters. The van der Waals surface area contributed by atoms with E-state index in [9.17, 15) is 54.5 Å². The highest BCUT2D eigenvalue weighted by molar-refractivity contribution is 7.47. The number of benzene rings is 3. The van der Waals surface area contributed by atoms with Gasteiger partial charge in [-0.05, 0) is 29.8 Å². The number of ether oxygens (including phenoxy) is 5. The number of carbonyl (C=O) groups is 1. The summed E-state index contributed by atoms with van der Waals surface area (Å²) in [6, 6.07) is 11.5. The van der Waals surface area contributed by atoms with E-state index in [4.69, 9.17) is 32.7 Å². The number of H-pyrrole nitrogens is 1. The first kappa shape index (κ1) is 37.9. The summed E-state index contributed by atoms with van der Waals surface area (Å²) in [6.07, 6.45) is -10.9. The maximum atomic E-state index is 13.3. The number of carbonyl (C=O) groups excluding carboxylic acids is 1. The Kier molecular flexibility index (Phi) is 10.1. The number of hydrogen-bond donors (Lipinski definition) is 8. The Morgan fingerprint density at radius 2 is 1.58 bits per heavy atom. The number of nitrogens with one attached hydrogen (secondary N) is 1. The van der Waals surface area contributed by atoms with Crippen LogP contribution in [0.1, 0.15) is 39.9 Å². The van der Waals surface area contributed by atoms with Crippen LogP contribution < -0.4 is 30.2 Å². The van der Waals surface area contributed by atoms with Crippen molar-refractivity contribution in [2.45, 2.75) is 49.0 Å². The van der Waals surface area contributed by atoms with Gasteiger partial charge in [-0.1, -0.05) is 12.1 Å². The molecule has 0 aliphatic carbocycles. The van der Waals surface area contributed by atoms with Crippen LogP contribution in [0.3, 0.4) is 0 Å². The van der Waals surface area contributed by atoms with Crippen LogP contribution in [0.5, 0.6) is 40.2 Å². The van der Waals surface area contributed by atoms with Gasteiger partial charge in [0.05, 0.1) is 20.3 Å². The van der Waals surface area contributed by atoms with E-state index in [-0.39, 0.29) is 45.6 Å². The van der Waals surface area contributed by atoms with Gasteiger partial charge in [-0.3, -0.25) is 28.2 Å². The molecule has 20 nitrogen and oxygen atoms in total. The standard InChI is InChI=1S/C34H33N2O18P/c1-48-20-8-14(2-4-17(20)39)30-24(13-49-55(46,47)54-32-23(12-37)53-33(29(32)44)36-7-6-25(41)35-34(36)45)50-19-5-3-15(9-21(19)51-30)31-28(43)27(42)26-18(40)10-16(38)11-22(26)52-31/h2-11,23-24,28-33,37-40,43-44H,12-13H2,1H3,(H,46,47)(H,35,41,45)/t23-,24+,28+,29-,30+,31-,32-,33-/m1/s1. The van der Waals surface area contributed by atoms with E-state index in [1.54, 1.807) is 0 Å². The number of Topliss-reactive ketones (excluding diaryl/α,β-unsaturated/α-hetero) is 1. The fourth-order valence-electron chi connectivity index (χ4n) is 6.47. The molecule has 4 aromatic rings. The zero-order valence-corrected chi connectivity index (χ0v) is 29.2. The number of aliphatic hydroxyl groups is 3. The maximum Gasteiger partial charge on any atom is 0.472 e. The van der Waals surface area contributed by atoms with E-state index in [1.165, 1.54) is 43.5 Å². The second-order valence-electron chi connectivity index (χ2n) is 12.6. The summed E-state index contributed by atoms with van der Waals surface area (Å²) in [6.45, 7) is -1.52.